The van der Waals surface area contributed by atoms with Gasteiger partial charge in [-0.3, -0.25) is 19.6 Å². The van der Waals surface area contributed by atoms with Crippen molar-refractivity contribution in [3.05, 3.63) is 22.9 Å². The van der Waals surface area contributed by atoms with E-state index in [1.807, 2.05) is 0 Å². The van der Waals surface area contributed by atoms with E-state index in [9.17, 15) is 19.8 Å². The van der Waals surface area contributed by atoms with Gasteiger partial charge < -0.3 is 20.8 Å². The Kier molecular flexibility index (Phi) is 6.65. The van der Waals surface area contributed by atoms with Crippen LogP contribution in [0.25, 0.3) is 0 Å². The Morgan fingerprint density at radius 3 is 1.33 bits per heavy atom. The summed E-state index contributed by atoms with van der Waals surface area (Å²) in [6, 6.07) is 0. The van der Waals surface area contributed by atoms with Gasteiger partial charge in [-0.05, 0) is 41.5 Å². The minimum atomic E-state index is -0.850. The average Bonchev–Trinajstić information content (AvgIpc) is 2.83. The Balaban J connectivity index is 0.00000364. The first kappa shape index (κ1) is 22.9. The van der Waals surface area contributed by atoms with Crippen LogP contribution in [0, 0.1) is 0 Å². The second-order valence-corrected chi connectivity index (χ2v) is 7.54. The Morgan fingerprint density at radius 1 is 0.815 bits per heavy atom. The molecule has 0 spiro atoms. The number of nitrogens with one attached hydrogen (secondary N) is 2. The van der Waals surface area contributed by atoms with Gasteiger partial charge in [0, 0.05) is 27.9 Å². The number of nitrogens with zero attached hydrogens (tertiary/aromatic N) is 2. The van der Waals surface area contributed by atoms with Crippen molar-refractivity contribution < 1.29 is 36.3 Å². The smallest absolute Gasteiger partial charge is 0.198 e. The number of hydrogen-bond acceptors (Lipinski definition) is 8. The van der Waals surface area contributed by atoms with E-state index in [1.54, 1.807) is 41.5 Å². The zero-order valence-corrected chi connectivity index (χ0v) is 17.3. The Labute approximate surface area is 168 Å². The quantitative estimate of drug-likeness (QED) is 0.302. The van der Waals surface area contributed by atoms with Crippen LogP contribution in [0.1, 0.15) is 41.5 Å². The molecule has 2 aliphatic heterocycles. The first-order valence-electron chi connectivity index (χ1n) is 8.44. The molecule has 0 radical (unpaired) electrons. The van der Waals surface area contributed by atoms with Gasteiger partial charge in [-0.1, -0.05) is 0 Å². The summed E-state index contributed by atoms with van der Waals surface area (Å²) in [6.07, 6.45) is 0. The number of carbonyl (C=O) groups excluding carboxylic acids is 2. The maximum atomic E-state index is 12.3. The van der Waals surface area contributed by atoms with Crippen LogP contribution in [-0.2, 0) is 26.1 Å². The summed E-state index contributed by atoms with van der Waals surface area (Å²) >= 11 is 0. The van der Waals surface area contributed by atoms with E-state index in [1.165, 1.54) is 0 Å². The molecule has 0 aromatic carbocycles. The van der Waals surface area contributed by atoms with Crippen LogP contribution >= 0.6 is 0 Å². The molecule has 0 aromatic rings. The Morgan fingerprint density at radius 2 is 1.11 bits per heavy atom. The number of rotatable bonds is 5. The Bertz CT molecular complexity index is 725. The molecule has 4 N–H and O–H groups in total. The zero-order valence-electron chi connectivity index (χ0n) is 16.3. The van der Waals surface area contributed by atoms with Crippen LogP contribution in [0.15, 0.2) is 32.9 Å². The first-order valence-corrected chi connectivity index (χ1v) is 8.44. The summed E-state index contributed by atoms with van der Waals surface area (Å²) < 4.78 is 0. The summed E-state index contributed by atoms with van der Waals surface area (Å²) in [4.78, 5) is 33.1. The molecule has 0 aliphatic carbocycles. The van der Waals surface area contributed by atoms with E-state index in [2.05, 4.69) is 20.6 Å². The van der Waals surface area contributed by atoms with Crippen molar-refractivity contribution in [2.24, 2.45) is 9.98 Å². The van der Waals surface area contributed by atoms with E-state index in [0.717, 1.165) is 0 Å². The fourth-order valence-corrected chi connectivity index (χ4v) is 2.94. The monoisotopic (exact) mass is 420 g/mol. The van der Waals surface area contributed by atoms with Gasteiger partial charge in [0.1, 0.15) is 11.1 Å². The van der Waals surface area contributed by atoms with Gasteiger partial charge in [-0.2, -0.15) is 0 Å². The van der Waals surface area contributed by atoms with Gasteiger partial charge in [0.15, 0.2) is 23.3 Å². The normalized spacial score (nSPS) is 22.0. The molecule has 2 heterocycles. The second-order valence-electron chi connectivity index (χ2n) is 7.54. The third-order valence-electron chi connectivity index (χ3n) is 4.45. The topological polar surface area (TPSA) is 123 Å². The van der Waals surface area contributed by atoms with Crippen molar-refractivity contribution in [3.8, 4) is 0 Å². The molecule has 27 heavy (non-hydrogen) atoms. The van der Waals surface area contributed by atoms with Crippen molar-refractivity contribution in [2.75, 3.05) is 13.1 Å². The molecule has 0 bridgehead atoms. The standard InChI is InChI=1S/C18H26N4O4.Ni/c1-9(11-13(23)17(3,4)21-15(11)25)19-7-8-20-10(2)12-14(24)18(5,6)22-16(12)26;/h21-22,25-26H,7-8H2,1-6H3;. The predicted molar refractivity (Wildman–Crippen MR) is 99.7 cm³/mol. The molecule has 9 heteroatoms. The van der Waals surface area contributed by atoms with Crippen molar-refractivity contribution in [3.63, 3.8) is 0 Å². The number of carbonyl (C=O) groups is 2. The molecule has 0 amide bonds. The number of ketones is 2. The summed E-state index contributed by atoms with van der Waals surface area (Å²) in [5.41, 5.74) is -0.462. The number of aliphatic hydroxyl groups is 2. The molecule has 152 valence electrons. The number of hydrogen-bond donors (Lipinski definition) is 4. The summed E-state index contributed by atoms with van der Waals surface area (Å²) in [6.45, 7) is 10.6. The van der Waals surface area contributed by atoms with Gasteiger partial charge in [0.2, 0.25) is 0 Å². The molecular formula is C18H26N4NiO4. The van der Waals surface area contributed by atoms with E-state index in [0.29, 0.717) is 11.4 Å². The van der Waals surface area contributed by atoms with Crippen LogP contribution in [0.3, 0.4) is 0 Å². The van der Waals surface area contributed by atoms with Crippen molar-refractivity contribution in [2.45, 2.75) is 52.6 Å². The minimum absolute atomic E-state index is 0. The third kappa shape index (κ3) is 4.41. The van der Waals surface area contributed by atoms with Crippen LogP contribution < -0.4 is 10.6 Å². The van der Waals surface area contributed by atoms with Gasteiger partial charge >= 0.3 is 0 Å². The van der Waals surface area contributed by atoms with Crippen LogP contribution in [0.5, 0.6) is 0 Å². The maximum Gasteiger partial charge on any atom is 0.198 e. The SMILES string of the molecule is CC(=NCCN=C(C)C1=C(O)NC(C)(C)C1=O)C1=C(O)NC(C)(C)C1=O.[Ni]. The number of Topliss-reactive ketones (excluding diaryl/α,β-unsaturated/α-hetero) is 2. The molecule has 0 fully saturated rings. The van der Waals surface area contributed by atoms with Crippen molar-refractivity contribution >= 4 is 23.0 Å². The average molecular weight is 421 g/mol. The first-order chi connectivity index (χ1) is 11.9. The third-order valence-corrected chi connectivity index (χ3v) is 4.45. The van der Waals surface area contributed by atoms with Gasteiger partial charge in [-0.15, -0.1) is 0 Å². The second kappa shape index (κ2) is 7.84. The Hall–Kier alpha value is -2.15. The summed E-state index contributed by atoms with van der Waals surface area (Å²) in [7, 11) is 0. The van der Waals surface area contributed by atoms with E-state index in [4.69, 9.17) is 0 Å². The molecule has 0 aromatic heterocycles. The molecule has 8 nitrogen and oxygen atoms in total. The molecule has 0 atom stereocenters. The van der Waals surface area contributed by atoms with E-state index in [-0.39, 0.29) is 64.1 Å². The summed E-state index contributed by atoms with van der Waals surface area (Å²) in [5, 5.41) is 25.3. The van der Waals surface area contributed by atoms with Crippen molar-refractivity contribution in [1.82, 2.24) is 10.6 Å². The molecule has 2 aliphatic rings. The van der Waals surface area contributed by atoms with E-state index < -0.39 is 11.1 Å². The minimum Gasteiger partial charge on any atom is -0.494 e. The van der Waals surface area contributed by atoms with Crippen LogP contribution in [0.2, 0.25) is 0 Å². The molecule has 0 saturated heterocycles. The molecule has 0 unspecified atom stereocenters. The number of aliphatic hydroxyl groups excluding tert-OH is 2. The summed E-state index contributed by atoms with van der Waals surface area (Å²) in [5.74, 6) is -0.756. The van der Waals surface area contributed by atoms with Gasteiger partial charge in [0.05, 0.1) is 24.2 Å². The number of aliphatic imine (C=N–C) groups is 2. The molecule has 0 saturated carbocycles. The van der Waals surface area contributed by atoms with Crippen LogP contribution in [-0.4, -0.2) is 57.4 Å². The molecular weight excluding hydrogens is 395 g/mol. The maximum absolute atomic E-state index is 12.3. The fraction of sp³-hybridized carbons (Fsp3) is 0.556. The van der Waals surface area contributed by atoms with E-state index >= 15 is 0 Å². The fourth-order valence-electron chi connectivity index (χ4n) is 2.94. The zero-order chi connectivity index (χ0) is 19.9. The predicted octanol–water partition coefficient (Wildman–Crippen LogP) is 1.35. The molecule has 2 rings (SSSR count). The van der Waals surface area contributed by atoms with Gasteiger partial charge in [0.25, 0.3) is 0 Å². The van der Waals surface area contributed by atoms with Crippen molar-refractivity contribution in [1.29, 1.82) is 0 Å². The van der Waals surface area contributed by atoms with Gasteiger partial charge in [-0.25, -0.2) is 0 Å². The van der Waals surface area contributed by atoms with Crippen LogP contribution in [0.4, 0.5) is 0 Å². The largest absolute Gasteiger partial charge is 0.494 e.